The van der Waals surface area contributed by atoms with E-state index in [9.17, 15) is 0 Å². The summed E-state index contributed by atoms with van der Waals surface area (Å²) in [5, 5.41) is 7.30. The normalized spacial score (nSPS) is 15.1. The summed E-state index contributed by atoms with van der Waals surface area (Å²) < 4.78 is 5.33. The van der Waals surface area contributed by atoms with Crippen LogP contribution in [0.15, 0.2) is 23.2 Å². The van der Waals surface area contributed by atoms with Crippen LogP contribution in [0.3, 0.4) is 0 Å². The van der Waals surface area contributed by atoms with Crippen molar-refractivity contribution < 1.29 is 4.74 Å². The van der Waals surface area contributed by atoms with Crippen LogP contribution >= 0.6 is 11.6 Å². The molecule has 1 aromatic carbocycles. The average molecular weight is 296 g/mol. The van der Waals surface area contributed by atoms with E-state index >= 15 is 0 Å². The first-order chi connectivity index (χ1) is 9.72. The molecule has 0 amide bonds. The van der Waals surface area contributed by atoms with Gasteiger partial charge in [0.25, 0.3) is 0 Å². The SMILES string of the molecule is CCNC(=NCc1ccc(Cl)cc1OC)NCC1CC1. The number of halogens is 1. The third-order valence-electron chi connectivity index (χ3n) is 3.26. The number of rotatable bonds is 6. The quantitative estimate of drug-likeness (QED) is 0.627. The lowest BCUT2D eigenvalue weighted by atomic mass is 10.2. The predicted octanol–water partition coefficient (Wildman–Crippen LogP) is 2.81. The number of hydrogen-bond donors (Lipinski definition) is 2. The van der Waals surface area contributed by atoms with Gasteiger partial charge in [-0.05, 0) is 37.8 Å². The number of methoxy groups -OCH3 is 1. The number of nitrogens with one attached hydrogen (secondary N) is 2. The van der Waals surface area contributed by atoms with E-state index in [1.54, 1.807) is 7.11 Å². The van der Waals surface area contributed by atoms with Gasteiger partial charge in [0.2, 0.25) is 0 Å². The highest BCUT2D eigenvalue weighted by atomic mass is 35.5. The van der Waals surface area contributed by atoms with Crippen LogP contribution in [-0.2, 0) is 6.54 Å². The summed E-state index contributed by atoms with van der Waals surface area (Å²) in [6.45, 7) is 4.50. The molecule has 2 N–H and O–H groups in total. The summed E-state index contributed by atoms with van der Waals surface area (Å²) in [5.74, 6) is 2.46. The maximum Gasteiger partial charge on any atom is 0.191 e. The lowest BCUT2D eigenvalue weighted by molar-refractivity contribution is 0.410. The van der Waals surface area contributed by atoms with Crippen molar-refractivity contribution in [2.45, 2.75) is 26.3 Å². The van der Waals surface area contributed by atoms with Crippen LogP contribution in [-0.4, -0.2) is 26.2 Å². The van der Waals surface area contributed by atoms with E-state index < -0.39 is 0 Å². The van der Waals surface area contributed by atoms with Crippen molar-refractivity contribution in [3.05, 3.63) is 28.8 Å². The van der Waals surface area contributed by atoms with Crippen molar-refractivity contribution in [2.75, 3.05) is 20.2 Å². The molecule has 5 heteroatoms. The maximum atomic E-state index is 5.96. The Kier molecular flexibility index (Phi) is 5.53. The van der Waals surface area contributed by atoms with Crippen LogP contribution in [0.2, 0.25) is 5.02 Å². The first-order valence-corrected chi connectivity index (χ1v) is 7.45. The molecule has 4 nitrogen and oxygen atoms in total. The van der Waals surface area contributed by atoms with Crippen LogP contribution in [0.4, 0.5) is 0 Å². The van der Waals surface area contributed by atoms with Gasteiger partial charge in [0.05, 0.1) is 13.7 Å². The molecule has 1 aliphatic rings. The molecule has 1 fully saturated rings. The molecule has 0 aliphatic heterocycles. The van der Waals surface area contributed by atoms with Gasteiger partial charge in [-0.1, -0.05) is 17.7 Å². The molecule has 0 unspecified atom stereocenters. The lowest BCUT2D eigenvalue weighted by Crippen LogP contribution is -2.38. The van der Waals surface area contributed by atoms with E-state index in [4.69, 9.17) is 16.3 Å². The molecule has 0 spiro atoms. The Labute approximate surface area is 125 Å². The highest BCUT2D eigenvalue weighted by Crippen LogP contribution is 2.27. The van der Waals surface area contributed by atoms with Gasteiger partial charge >= 0.3 is 0 Å². The molecule has 0 bridgehead atoms. The molecular weight excluding hydrogens is 274 g/mol. The smallest absolute Gasteiger partial charge is 0.191 e. The van der Waals surface area contributed by atoms with E-state index in [0.717, 1.165) is 36.3 Å². The summed E-state index contributed by atoms with van der Waals surface area (Å²) in [6, 6.07) is 5.63. The van der Waals surface area contributed by atoms with Gasteiger partial charge in [0, 0.05) is 23.7 Å². The van der Waals surface area contributed by atoms with Crippen LogP contribution in [0, 0.1) is 5.92 Å². The van der Waals surface area contributed by atoms with Crippen molar-refractivity contribution in [1.29, 1.82) is 0 Å². The lowest BCUT2D eigenvalue weighted by Gasteiger charge is -2.12. The summed E-state index contributed by atoms with van der Waals surface area (Å²) in [4.78, 5) is 4.59. The monoisotopic (exact) mass is 295 g/mol. The van der Waals surface area contributed by atoms with Crippen LogP contribution in [0.25, 0.3) is 0 Å². The standard InChI is InChI=1S/C15H22ClN3O/c1-3-17-15(18-9-11-4-5-11)19-10-12-6-7-13(16)8-14(12)20-2/h6-8,11H,3-5,9-10H2,1-2H3,(H2,17,18,19). The third-order valence-corrected chi connectivity index (χ3v) is 3.49. The van der Waals surface area contributed by atoms with Crippen molar-refractivity contribution in [2.24, 2.45) is 10.9 Å². The molecule has 0 saturated heterocycles. The zero-order chi connectivity index (χ0) is 14.4. The second-order valence-corrected chi connectivity index (χ2v) is 5.41. The minimum absolute atomic E-state index is 0.570. The third kappa shape index (κ3) is 4.60. The van der Waals surface area contributed by atoms with Crippen molar-refractivity contribution in [3.8, 4) is 5.75 Å². The van der Waals surface area contributed by atoms with Crippen LogP contribution in [0.5, 0.6) is 5.75 Å². The van der Waals surface area contributed by atoms with E-state index in [-0.39, 0.29) is 0 Å². The Balaban J connectivity index is 1.99. The first kappa shape index (κ1) is 15.0. The summed E-state index contributed by atoms with van der Waals surface area (Å²) in [5.41, 5.74) is 1.03. The van der Waals surface area contributed by atoms with Crippen LogP contribution in [0.1, 0.15) is 25.3 Å². The Morgan fingerprint density at radius 1 is 1.40 bits per heavy atom. The summed E-state index contributed by atoms with van der Waals surface area (Å²) in [6.07, 6.45) is 2.66. The highest BCUT2D eigenvalue weighted by molar-refractivity contribution is 6.30. The van der Waals surface area contributed by atoms with E-state index in [1.165, 1.54) is 12.8 Å². The fourth-order valence-electron chi connectivity index (χ4n) is 1.92. The van der Waals surface area contributed by atoms with E-state index in [0.29, 0.717) is 11.6 Å². The van der Waals surface area contributed by atoms with Gasteiger partial charge in [-0.2, -0.15) is 0 Å². The minimum Gasteiger partial charge on any atom is -0.496 e. The summed E-state index contributed by atoms with van der Waals surface area (Å²) in [7, 11) is 1.65. The van der Waals surface area contributed by atoms with Gasteiger partial charge in [0.1, 0.15) is 5.75 Å². The molecule has 1 aliphatic carbocycles. The molecule has 0 atom stereocenters. The van der Waals surface area contributed by atoms with Gasteiger partial charge in [-0.3, -0.25) is 0 Å². The zero-order valence-electron chi connectivity index (χ0n) is 12.1. The van der Waals surface area contributed by atoms with Gasteiger partial charge < -0.3 is 15.4 Å². The number of aliphatic imine (C=N–C) groups is 1. The van der Waals surface area contributed by atoms with Crippen LogP contribution < -0.4 is 15.4 Å². The molecule has 0 radical (unpaired) electrons. The Morgan fingerprint density at radius 2 is 2.20 bits per heavy atom. The van der Waals surface area contributed by atoms with E-state index in [2.05, 4.69) is 22.5 Å². The fraction of sp³-hybridized carbons (Fsp3) is 0.533. The second-order valence-electron chi connectivity index (χ2n) is 4.98. The van der Waals surface area contributed by atoms with Crippen molar-refractivity contribution in [1.82, 2.24) is 10.6 Å². The summed E-state index contributed by atoms with van der Waals surface area (Å²) >= 11 is 5.96. The fourth-order valence-corrected chi connectivity index (χ4v) is 2.08. The molecule has 1 saturated carbocycles. The number of guanidine groups is 1. The zero-order valence-corrected chi connectivity index (χ0v) is 12.8. The molecule has 0 heterocycles. The number of hydrogen-bond acceptors (Lipinski definition) is 2. The Hall–Kier alpha value is -1.42. The highest BCUT2D eigenvalue weighted by Gasteiger charge is 2.21. The molecule has 0 aromatic heterocycles. The molecule has 1 aromatic rings. The largest absolute Gasteiger partial charge is 0.496 e. The number of ether oxygens (including phenoxy) is 1. The topological polar surface area (TPSA) is 45.7 Å². The molecular formula is C15H22ClN3O. The minimum atomic E-state index is 0.570. The maximum absolute atomic E-state index is 5.96. The van der Waals surface area contributed by atoms with Crippen molar-refractivity contribution >= 4 is 17.6 Å². The molecule has 110 valence electrons. The van der Waals surface area contributed by atoms with Gasteiger partial charge in [-0.25, -0.2) is 4.99 Å². The molecule has 2 rings (SSSR count). The molecule has 20 heavy (non-hydrogen) atoms. The van der Waals surface area contributed by atoms with Gasteiger partial charge in [-0.15, -0.1) is 0 Å². The predicted molar refractivity (Wildman–Crippen MR) is 83.5 cm³/mol. The van der Waals surface area contributed by atoms with Gasteiger partial charge in [0.15, 0.2) is 5.96 Å². The first-order valence-electron chi connectivity index (χ1n) is 7.07. The Bertz CT molecular complexity index is 472. The van der Waals surface area contributed by atoms with E-state index in [1.807, 2.05) is 18.2 Å². The van der Waals surface area contributed by atoms with Crippen molar-refractivity contribution in [3.63, 3.8) is 0 Å². The average Bonchev–Trinajstić information content (AvgIpc) is 3.27. The second kappa shape index (κ2) is 7.39. The number of nitrogens with zero attached hydrogens (tertiary/aromatic N) is 1. The Morgan fingerprint density at radius 3 is 2.85 bits per heavy atom. The number of benzene rings is 1.